The molecule has 21 heavy (non-hydrogen) atoms. The van der Waals surface area contributed by atoms with Crippen LogP contribution < -0.4 is 10.9 Å². The number of rotatable bonds is 2. The minimum Gasteiger partial charge on any atom is -0.321 e. The lowest BCUT2D eigenvalue weighted by Crippen LogP contribution is -2.25. The Balaban J connectivity index is 2.35. The van der Waals surface area contributed by atoms with E-state index in [-0.39, 0.29) is 11.0 Å². The van der Waals surface area contributed by atoms with Gasteiger partial charge in [0, 0.05) is 11.9 Å². The molecule has 0 radical (unpaired) electrons. The van der Waals surface area contributed by atoms with Crippen molar-refractivity contribution in [3.8, 4) is 0 Å². The Labute approximate surface area is 123 Å². The summed E-state index contributed by atoms with van der Waals surface area (Å²) in [4.78, 5) is 30.5. The molecule has 110 valence electrons. The molecule has 0 aliphatic rings. The van der Waals surface area contributed by atoms with E-state index in [0.717, 1.165) is 5.56 Å². The van der Waals surface area contributed by atoms with Gasteiger partial charge >= 0.3 is 0 Å². The van der Waals surface area contributed by atoms with Crippen LogP contribution in [-0.2, 0) is 5.41 Å². The molecule has 0 fully saturated rings. The molecule has 0 bridgehead atoms. The Hall–Kier alpha value is -2.43. The van der Waals surface area contributed by atoms with Gasteiger partial charge in [-0.15, -0.1) is 0 Å². The van der Waals surface area contributed by atoms with Gasteiger partial charge in [0.1, 0.15) is 11.4 Å². The standard InChI is InChI=1S/C16H19N3O2/c1-10-17-9-11(14(20)18-10)15(21)19-13-8-6-5-7-12(13)16(2,3)4/h5-9H,1-4H3,(H,19,21)(H,17,18,20). The number of H-pyrrole nitrogens is 1. The maximum Gasteiger partial charge on any atom is 0.263 e. The van der Waals surface area contributed by atoms with Gasteiger partial charge in [0.2, 0.25) is 0 Å². The molecular weight excluding hydrogens is 266 g/mol. The molecule has 2 rings (SSSR count). The molecule has 2 aromatic rings. The predicted octanol–water partition coefficient (Wildman–Crippen LogP) is 2.63. The van der Waals surface area contributed by atoms with Crippen molar-refractivity contribution < 1.29 is 4.79 Å². The van der Waals surface area contributed by atoms with Crippen LogP contribution in [0.2, 0.25) is 0 Å². The summed E-state index contributed by atoms with van der Waals surface area (Å²) in [5, 5.41) is 2.79. The molecule has 0 saturated carbocycles. The number of benzene rings is 1. The van der Waals surface area contributed by atoms with Gasteiger partial charge in [-0.25, -0.2) is 4.98 Å². The average molecular weight is 285 g/mol. The van der Waals surface area contributed by atoms with E-state index in [0.29, 0.717) is 11.5 Å². The van der Waals surface area contributed by atoms with E-state index in [1.807, 2.05) is 24.3 Å². The largest absolute Gasteiger partial charge is 0.321 e. The van der Waals surface area contributed by atoms with Gasteiger partial charge in [-0.2, -0.15) is 0 Å². The van der Waals surface area contributed by atoms with Gasteiger partial charge < -0.3 is 10.3 Å². The fourth-order valence-corrected chi connectivity index (χ4v) is 2.08. The van der Waals surface area contributed by atoms with Crippen LogP contribution in [0.4, 0.5) is 5.69 Å². The molecule has 1 aromatic heterocycles. The van der Waals surface area contributed by atoms with Gasteiger partial charge in [0.25, 0.3) is 11.5 Å². The third-order valence-corrected chi connectivity index (χ3v) is 3.15. The van der Waals surface area contributed by atoms with Gasteiger partial charge in [0.05, 0.1) is 0 Å². The lowest BCUT2D eigenvalue weighted by molar-refractivity contribution is 0.102. The fourth-order valence-electron chi connectivity index (χ4n) is 2.08. The van der Waals surface area contributed by atoms with Crippen molar-refractivity contribution in [2.24, 2.45) is 0 Å². The normalized spacial score (nSPS) is 11.2. The Morgan fingerprint density at radius 1 is 1.24 bits per heavy atom. The maximum absolute atomic E-state index is 12.3. The minimum atomic E-state index is -0.458. The van der Waals surface area contributed by atoms with Crippen LogP contribution >= 0.6 is 0 Å². The summed E-state index contributed by atoms with van der Waals surface area (Å²) in [7, 11) is 0. The third kappa shape index (κ3) is 3.37. The van der Waals surface area contributed by atoms with Gasteiger partial charge in [-0.3, -0.25) is 9.59 Å². The minimum absolute atomic E-state index is 0.00399. The van der Waals surface area contributed by atoms with E-state index in [2.05, 4.69) is 36.1 Å². The molecule has 0 saturated heterocycles. The number of carbonyl (C=O) groups excluding carboxylic acids is 1. The first-order valence-corrected chi connectivity index (χ1v) is 6.76. The molecule has 0 aliphatic carbocycles. The van der Waals surface area contributed by atoms with Gasteiger partial charge in [-0.1, -0.05) is 39.0 Å². The Bertz CT molecular complexity index is 727. The molecule has 1 amide bonds. The summed E-state index contributed by atoms with van der Waals surface area (Å²) in [6, 6.07) is 7.57. The zero-order chi connectivity index (χ0) is 15.6. The number of amides is 1. The zero-order valence-electron chi connectivity index (χ0n) is 12.7. The molecule has 1 heterocycles. The fraction of sp³-hybridized carbons (Fsp3) is 0.312. The second-order valence-corrected chi connectivity index (χ2v) is 5.96. The van der Waals surface area contributed by atoms with Gasteiger partial charge in [-0.05, 0) is 24.0 Å². The molecule has 2 N–H and O–H groups in total. The van der Waals surface area contributed by atoms with Crippen molar-refractivity contribution >= 4 is 11.6 Å². The number of carbonyl (C=O) groups is 1. The first kappa shape index (κ1) is 15.0. The second kappa shape index (κ2) is 5.52. The molecule has 0 atom stereocenters. The van der Waals surface area contributed by atoms with Crippen molar-refractivity contribution in [3.05, 3.63) is 57.8 Å². The number of hydrogen-bond donors (Lipinski definition) is 2. The van der Waals surface area contributed by atoms with E-state index < -0.39 is 11.5 Å². The highest BCUT2D eigenvalue weighted by Gasteiger charge is 2.19. The number of aromatic nitrogens is 2. The van der Waals surface area contributed by atoms with Crippen molar-refractivity contribution in [2.45, 2.75) is 33.1 Å². The average Bonchev–Trinajstić information content (AvgIpc) is 2.37. The summed E-state index contributed by atoms with van der Waals surface area (Å²) >= 11 is 0. The monoisotopic (exact) mass is 285 g/mol. The zero-order valence-corrected chi connectivity index (χ0v) is 12.7. The maximum atomic E-state index is 12.3. The van der Waals surface area contributed by atoms with Crippen LogP contribution in [0.15, 0.2) is 35.3 Å². The highest BCUT2D eigenvalue weighted by atomic mass is 16.2. The number of aromatic amines is 1. The summed E-state index contributed by atoms with van der Waals surface area (Å²) in [6.07, 6.45) is 1.29. The summed E-state index contributed by atoms with van der Waals surface area (Å²) in [5.41, 5.74) is 1.17. The molecule has 1 aromatic carbocycles. The van der Waals surface area contributed by atoms with Crippen LogP contribution in [0.1, 0.15) is 42.5 Å². The van der Waals surface area contributed by atoms with Crippen LogP contribution in [0.5, 0.6) is 0 Å². The van der Waals surface area contributed by atoms with Crippen molar-refractivity contribution in [2.75, 3.05) is 5.32 Å². The van der Waals surface area contributed by atoms with E-state index in [4.69, 9.17) is 0 Å². The molecular formula is C16H19N3O2. The second-order valence-electron chi connectivity index (χ2n) is 5.96. The number of hydrogen-bond acceptors (Lipinski definition) is 3. The van der Waals surface area contributed by atoms with Crippen LogP contribution in [0.3, 0.4) is 0 Å². The summed E-state index contributed by atoms with van der Waals surface area (Å²) < 4.78 is 0. The van der Waals surface area contributed by atoms with E-state index in [1.54, 1.807) is 6.92 Å². The van der Waals surface area contributed by atoms with Crippen molar-refractivity contribution in [3.63, 3.8) is 0 Å². The molecule has 5 nitrogen and oxygen atoms in total. The molecule has 5 heteroatoms. The Kier molecular flexibility index (Phi) is 3.93. The lowest BCUT2D eigenvalue weighted by atomic mass is 9.86. The number of nitrogens with one attached hydrogen (secondary N) is 2. The van der Waals surface area contributed by atoms with Crippen LogP contribution in [0.25, 0.3) is 0 Å². The number of aryl methyl sites for hydroxylation is 1. The Morgan fingerprint density at radius 2 is 1.90 bits per heavy atom. The van der Waals surface area contributed by atoms with Crippen LogP contribution in [-0.4, -0.2) is 15.9 Å². The predicted molar refractivity (Wildman–Crippen MR) is 82.7 cm³/mol. The van der Waals surface area contributed by atoms with E-state index >= 15 is 0 Å². The smallest absolute Gasteiger partial charge is 0.263 e. The van der Waals surface area contributed by atoms with E-state index in [9.17, 15) is 9.59 Å². The van der Waals surface area contributed by atoms with Crippen molar-refractivity contribution in [1.82, 2.24) is 9.97 Å². The third-order valence-electron chi connectivity index (χ3n) is 3.15. The van der Waals surface area contributed by atoms with E-state index in [1.165, 1.54) is 6.20 Å². The summed E-state index contributed by atoms with van der Waals surface area (Å²) in [6.45, 7) is 7.87. The van der Waals surface area contributed by atoms with Gasteiger partial charge in [0.15, 0.2) is 0 Å². The summed E-state index contributed by atoms with van der Waals surface area (Å²) in [5.74, 6) is 0.0205. The topological polar surface area (TPSA) is 74.8 Å². The highest BCUT2D eigenvalue weighted by Crippen LogP contribution is 2.29. The first-order chi connectivity index (χ1) is 9.79. The SMILES string of the molecule is Cc1ncc(C(=O)Nc2ccccc2C(C)(C)C)c(=O)[nH]1. The molecule has 0 aliphatic heterocycles. The number of nitrogens with zero attached hydrogens (tertiary/aromatic N) is 1. The van der Waals surface area contributed by atoms with Crippen LogP contribution in [0, 0.1) is 6.92 Å². The number of para-hydroxylation sites is 1. The molecule has 0 spiro atoms. The Morgan fingerprint density at radius 3 is 2.52 bits per heavy atom. The first-order valence-electron chi connectivity index (χ1n) is 6.76. The molecule has 0 unspecified atom stereocenters. The quantitative estimate of drug-likeness (QED) is 0.890. The van der Waals surface area contributed by atoms with Crippen molar-refractivity contribution in [1.29, 1.82) is 0 Å². The number of anilines is 1. The lowest BCUT2D eigenvalue weighted by Gasteiger charge is -2.22. The highest BCUT2D eigenvalue weighted by molar-refractivity contribution is 6.04.